The van der Waals surface area contributed by atoms with E-state index < -0.39 is 0 Å². The quantitative estimate of drug-likeness (QED) is 0.836. The molecule has 1 heterocycles. The van der Waals surface area contributed by atoms with Crippen molar-refractivity contribution >= 4 is 0 Å². The Morgan fingerprint density at radius 3 is 2.17 bits per heavy atom. The molecule has 106 valence electrons. The highest BCUT2D eigenvalue weighted by molar-refractivity contribution is 4.83. The fourth-order valence-electron chi connectivity index (χ4n) is 3.85. The van der Waals surface area contributed by atoms with Crippen molar-refractivity contribution in [3.63, 3.8) is 0 Å². The lowest BCUT2D eigenvalue weighted by Crippen LogP contribution is -2.33. The van der Waals surface area contributed by atoms with Crippen LogP contribution in [0, 0.1) is 23.2 Å². The molecule has 1 atom stereocenters. The van der Waals surface area contributed by atoms with Crippen LogP contribution >= 0.6 is 0 Å². The molecule has 18 heavy (non-hydrogen) atoms. The lowest BCUT2D eigenvalue weighted by Gasteiger charge is -2.38. The van der Waals surface area contributed by atoms with Crippen LogP contribution in [0.1, 0.15) is 52.9 Å². The van der Waals surface area contributed by atoms with Crippen molar-refractivity contribution < 1.29 is 0 Å². The molecule has 1 saturated heterocycles. The van der Waals surface area contributed by atoms with Crippen molar-refractivity contribution in [2.45, 2.75) is 52.9 Å². The second-order valence-electron chi connectivity index (χ2n) is 7.73. The molecule has 2 aliphatic rings. The SMILES string of the molecule is CC(C)(C)C1CCC(CN2CCC(CN)C2)CC1. The molecule has 0 aromatic rings. The summed E-state index contributed by atoms with van der Waals surface area (Å²) in [5.41, 5.74) is 6.29. The number of hydrogen-bond acceptors (Lipinski definition) is 2. The van der Waals surface area contributed by atoms with E-state index in [4.69, 9.17) is 5.73 Å². The van der Waals surface area contributed by atoms with Gasteiger partial charge in [-0.05, 0) is 68.4 Å². The largest absolute Gasteiger partial charge is 0.330 e. The van der Waals surface area contributed by atoms with Crippen LogP contribution in [0.5, 0.6) is 0 Å². The predicted molar refractivity (Wildman–Crippen MR) is 78.5 cm³/mol. The van der Waals surface area contributed by atoms with Gasteiger partial charge in [-0.25, -0.2) is 0 Å². The summed E-state index contributed by atoms with van der Waals surface area (Å²) in [5.74, 6) is 2.68. The van der Waals surface area contributed by atoms with Gasteiger partial charge in [0.25, 0.3) is 0 Å². The Kier molecular flexibility index (Phi) is 4.71. The lowest BCUT2D eigenvalue weighted by molar-refractivity contribution is 0.130. The molecule has 1 aliphatic carbocycles. The van der Waals surface area contributed by atoms with Gasteiger partial charge in [0.15, 0.2) is 0 Å². The summed E-state index contributed by atoms with van der Waals surface area (Å²) in [4.78, 5) is 2.67. The average molecular weight is 252 g/mol. The summed E-state index contributed by atoms with van der Waals surface area (Å²) in [6.07, 6.45) is 7.12. The van der Waals surface area contributed by atoms with Gasteiger partial charge in [-0.15, -0.1) is 0 Å². The van der Waals surface area contributed by atoms with Gasteiger partial charge in [0.1, 0.15) is 0 Å². The molecular formula is C16H32N2. The van der Waals surface area contributed by atoms with Crippen LogP contribution in [0.15, 0.2) is 0 Å². The van der Waals surface area contributed by atoms with Crippen molar-refractivity contribution in [2.75, 3.05) is 26.2 Å². The summed E-state index contributed by atoms with van der Waals surface area (Å²) in [6, 6.07) is 0. The lowest BCUT2D eigenvalue weighted by atomic mass is 9.70. The van der Waals surface area contributed by atoms with Gasteiger partial charge in [0, 0.05) is 13.1 Å². The molecule has 2 rings (SSSR count). The van der Waals surface area contributed by atoms with Crippen molar-refractivity contribution in [3.05, 3.63) is 0 Å². The minimum atomic E-state index is 0.517. The summed E-state index contributed by atoms with van der Waals surface area (Å²) in [7, 11) is 0. The predicted octanol–water partition coefficient (Wildman–Crippen LogP) is 3.12. The average Bonchev–Trinajstić information content (AvgIpc) is 2.76. The van der Waals surface area contributed by atoms with Crippen molar-refractivity contribution in [3.8, 4) is 0 Å². The van der Waals surface area contributed by atoms with E-state index in [-0.39, 0.29) is 0 Å². The molecule has 2 heteroatoms. The van der Waals surface area contributed by atoms with Crippen LogP contribution in [0.4, 0.5) is 0 Å². The van der Waals surface area contributed by atoms with E-state index in [2.05, 4.69) is 25.7 Å². The molecule has 0 aromatic carbocycles. The fraction of sp³-hybridized carbons (Fsp3) is 1.00. The number of nitrogens with zero attached hydrogens (tertiary/aromatic N) is 1. The molecule has 0 amide bonds. The third kappa shape index (κ3) is 3.71. The number of likely N-dealkylation sites (tertiary alicyclic amines) is 1. The van der Waals surface area contributed by atoms with Crippen LogP contribution in [-0.4, -0.2) is 31.1 Å². The summed E-state index contributed by atoms with van der Waals surface area (Å²) in [5, 5.41) is 0. The number of nitrogens with two attached hydrogens (primary N) is 1. The molecule has 1 saturated carbocycles. The first-order chi connectivity index (χ1) is 8.49. The van der Waals surface area contributed by atoms with Gasteiger partial charge in [-0.2, -0.15) is 0 Å². The first kappa shape index (κ1) is 14.3. The van der Waals surface area contributed by atoms with E-state index in [0.29, 0.717) is 5.41 Å². The van der Waals surface area contributed by atoms with Crippen LogP contribution < -0.4 is 5.73 Å². The van der Waals surface area contributed by atoms with Gasteiger partial charge in [0.2, 0.25) is 0 Å². The highest BCUT2D eigenvalue weighted by Gasteiger charge is 2.31. The van der Waals surface area contributed by atoms with Crippen LogP contribution in [-0.2, 0) is 0 Å². The zero-order valence-corrected chi connectivity index (χ0v) is 12.6. The minimum Gasteiger partial charge on any atom is -0.330 e. The maximum atomic E-state index is 5.77. The highest BCUT2D eigenvalue weighted by Crippen LogP contribution is 2.40. The van der Waals surface area contributed by atoms with E-state index in [9.17, 15) is 0 Å². The van der Waals surface area contributed by atoms with Gasteiger partial charge in [-0.1, -0.05) is 20.8 Å². The number of rotatable bonds is 3. The zero-order valence-electron chi connectivity index (χ0n) is 12.6. The molecule has 2 N–H and O–H groups in total. The summed E-state index contributed by atoms with van der Waals surface area (Å²) in [6.45, 7) is 12.0. The molecule has 0 spiro atoms. The molecule has 1 unspecified atom stereocenters. The van der Waals surface area contributed by atoms with Crippen molar-refractivity contribution in [1.29, 1.82) is 0 Å². The molecule has 2 fully saturated rings. The smallest absolute Gasteiger partial charge is 0.00223 e. The van der Waals surface area contributed by atoms with E-state index >= 15 is 0 Å². The molecular weight excluding hydrogens is 220 g/mol. The highest BCUT2D eigenvalue weighted by atomic mass is 15.1. The molecule has 2 nitrogen and oxygen atoms in total. The molecule has 0 radical (unpaired) electrons. The first-order valence-electron chi connectivity index (χ1n) is 7.91. The third-order valence-electron chi connectivity index (χ3n) is 5.29. The molecule has 0 aromatic heterocycles. The normalized spacial score (nSPS) is 35.0. The maximum Gasteiger partial charge on any atom is 0.00223 e. The maximum absolute atomic E-state index is 5.77. The van der Waals surface area contributed by atoms with Crippen LogP contribution in [0.2, 0.25) is 0 Å². The van der Waals surface area contributed by atoms with Gasteiger partial charge in [-0.3, -0.25) is 0 Å². The monoisotopic (exact) mass is 252 g/mol. The van der Waals surface area contributed by atoms with Crippen LogP contribution in [0.25, 0.3) is 0 Å². The Bertz CT molecular complexity index is 248. The molecule has 0 bridgehead atoms. The van der Waals surface area contributed by atoms with E-state index in [0.717, 1.165) is 24.3 Å². The second-order valence-corrected chi connectivity index (χ2v) is 7.73. The van der Waals surface area contributed by atoms with Crippen molar-refractivity contribution in [1.82, 2.24) is 4.90 Å². The van der Waals surface area contributed by atoms with Gasteiger partial charge < -0.3 is 10.6 Å². The van der Waals surface area contributed by atoms with E-state index in [1.165, 1.54) is 51.7 Å². The number of hydrogen-bond donors (Lipinski definition) is 1. The van der Waals surface area contributed by atoms with E-state index in [1.54, 1.807) is 0 Å². The van der Waals surface area contributed by atoms with Crippen LogP contribution in [0.3, 0.4) is 0 Å². The topological polar surface area (TPSA) is 29.3 Å². The third-order valence-corrected chi connectivity index (χ3v) is 5.29. The fourth-order valence-corrected chi connectivity index (χ4v) is 3.85. The Labute approximate surface area is 113 Å². The second kappa shape index (κ2) is 5.92. The van der Waals surface area contributed by atoms with Gasteiger partial charge >= 0.3 is 0 Å². The first-order valence-corrected chi connectivity index (χ1v) is 7.91. The summed E-state index contributed by atoms with van der Waals surface area (Å²) >= 11 is 0. The Hall–Kier alpha value is -0.0800. The summed E-state index contributed by atoms with van der Waals surface area (Å²) < 4.78 is 0. The van der Waals surface area contributed by atoms with E-state index in [1.807, 2.05) is 0 Å². The van der Waals surface area contributed by atoms with Gasteiger partial charge in [0.05, 0.1) is 0 Å². The Morgan fingerprint density at radius 1 is 1.00 bits per heavy atom. The zero-order chi connectivity index (χ0) is 13.2. The Morgan fingerprint density at radius 2 is 1.67 bits per heavy atom. The standard InChI is InChI=1S/C16H32N2/c1-16(2,3)15-6-4-13(5-7-15)11-18-9-8-14(10-17)12-18/h13-15H,4-12,17H2,1-3H3. The van der Waals surface area contributed by atoms with Crippen molar-refractivity contribution in [2.24, 2.45) is 28.9 Å². The molecule has 1 aliphatic heterocycles. The minimum absolute atomic E-state index is 0.517. The Balaban J connectivity index is 1.71.